The van der Waals surface area contributed by atoms with Gasteiger partial charge in [-0.25, -0.2) is 9.80 Å². The van der Waals surface area contributed by atoms with E-state index < -0.39 is 17.8 Å². The number of carboxylic acids is 1. The molecule has 3 aromatic rings. The Kier molecular flexibility index (Phi) is 6.65. The van der Waals surface area contributed by atoms with Gasteiger partial charge in [0.1, 0.15) is 12.2 Å². The van der Waals surface area contributed by atoms with Crippen LogP contribution in [0.5, 0.6) is 11.5 Å². The molecule has 2 amide bonds. The predicted molar refractivity (Wildman–Crippen MR) is 128 cm³/mol. The van der Waals surface area contributed by atoms with Gasteiger partial charge in [0.25, 0.3) is 11.8 Å². The van der Waals surface area contributed by atoms with Gasteiger partial charge in [-0.2, -0.15) is 0 Å². The first kappa shape index (κ1) is 23.1. The van der Waals surface area contributed by atoms with Gasteiger partial charge in [-0.05, 0) is 48.0 Å². The summed E-state index contributed by atoms with van der Waals surface area (Å²) in [5, 5.41) is 10.4. The summed E-state index contributed by atoms with van der Waals surface area (Å²) in [5.41, 5.74) is 4.24. The maximum absolute atomic E-state index is 13.0. The van der Waals surface area contributed by atoms with Crippen LogP contribution >= 0.6 is 15.9 Å². The maximum Gasteiger partial charge on any atom is 0.335 e. The van der Waals surface area contributed by atoms with Gasteiger partial charge >= 0.3 is 5.97 Å². The van der Waals surface area contributed by atoms with Gasteiger partial charge in [0, 0.05) is 10.0 Å². The number of methoxy groups -OCH3 is 1. The van der Waals surface area contributed by atoms with Crippen molar-refractivity contribution >= 4 is 45.5 Å². The molecule has 3 aromatic carbocycles. The molecule has 9 heteroatoms. The molecule has 0 spiro atoms. The number of carbonyl (C=O) groups excluding carboxylic acids is 2. The summed E-state index contributed by atoms with van der Waals surface area (Å²) in [6, 6.07) is 18.5. The molecule has 1 fully saturated rings. The first-order chi connectivity index (χ1) is 16.4. The predicted octanol–water partition coefficient (Wildman–Crippen LogP) is 4.20. The lowest BCUT2D eigenvalue weighted by Crippen LogP contribution is -2.35. The highest BCUT2D eigenvalue weighted by molar-refractivity contribution is 9.10. The van der Waals surface area contributed by atoms with E-state index in [9.17, 15) is 19.5 Å². The number of hydrazine groups is 1. The van der Waals surface area contributed by atoms with Crippen molar-refractivity contribution in [2.24, 2.45) is 0 Å². The van der Waals surface area contributed by atoms with Crippen LogP contribution in [0.15, 0.2) is 76.8 Å². The van der Waals surface area contributed by atoms with E-state index in [1.54, 1.807) is 48.5 Å². The summed E-state index contributed by atoms with van der Waals surface area (Å²) in [4.78, 5) is 36.9. The van der Waals surface area contributed by atoms with Crippen molar-refractivity contribution < 1.29 is 29.0 Å². The fraction of sp³-hybridized carbons (Fsp3) is 0.0800. The quantitative estimate of drug-likeness (QED) is 0.356. The monoisotopic (exact) mass is 522 g/mol. The van der Waals surface area contributed by atoms with E-state index in [1.807, 2.05) is 6.07 Å². The number of hydrogen-bond donors (Lipinski definition) is 2. The number of carboxylic acid groups (broad SMARTS) is 1. The van der Waals surface area contributed by atoms with Gasteiger partial charge in [0.05, 0.1) is 18.4 Å². The van der Waals surface area contributed by atoms with E-state index in [0.29, 0.717) is 32.8 Å². The first-order valence-corrected chi connectivity index (χ1v) is 10.9. The topological polar surface area (TPSA) is 105 Å². The van der Waals surface area contributed by atoms with Crippen LogP contribution in [0, 0.1) is 0 Å². The van der Waals surface area contributed by atoms with Crippen molar-refractivity contribution in [1.82, 2.24) is 5.43 Å². The Bertz CT molecular complexity index is 1310. The molecule has 4 rings (SSSR count). The Labute approximate surface area is 203 Å². The standard InChI is InChI=1S/C25H19BrN2O6/c1-33-21-13-18(26)11-17(22(21)34-14-15-6-5-7-16(10-15)25(31)32)12-20-23(29)27-28(24(20)30)19-8-3-2-4-9-19/h2-13H,14H2,1H3,(H,27,29)(H,31,32)/b20-12+. The molecule has 172 valence electrons. The molecule has 1 saturated heterocycles. The van der Waals surface area contributed by atoms with Gasteiger partial charge in [0.2, 0.25) is 0 Å². The second-order valence-electron chi connectivity index (χ2n) is 7.30. The smallest absolute Gasteiger partial charge is 0.335 e. The molecule has 0 atom stereocenters. The Morgan fingerprint density at radius 1 is 1.09 bits per heavy atom. The number of benzene rings is 3. The van der Waals surface area contributed by atoms with Gasteiger partial charge in [-0.3, -0.25) is 15.0 Å². The zero-order valence-electron chi connectivity index (χ0n) is 17.9. The van der Waals surface area contributed by atoms with Crippen LogP contribution in [0.1, 0.15) is 21.5 Å². The number of carbonyl (C=O) groups is 3. The number of hydrogen-bond acceptors (Lipinski definition) is 5. The lowest BCUT2D eigenvalue weighted by atomic mass is 10.1. The van der Waals surface area contributed by atoms with Crippen LogP contribution in [-0.4, -0.2) is 30.0 Å². The van der Waals surface area contributed by atoms with Gasteiger partial charge < -0.3 is 14.6 Å². The van der Waals surface area contributed by atoms with Crippen molar-refractivity contribution in [3.05, 3.63) is 93.5 Å². The molecule has 34 heavy (non-hydrogen) atoms. The molecule has 8 nitrogen and oxygen atoms in total. The summed E-state index contributed by atoms with van der Waals surface area (Å²) in [6.07, 6.45) is 1.44. The number of halogens is 1. The Morgan fingerprint density at radius 2 is 1.85 bits per heavy atom. The molecule has 0 saturated carbocycles. The van der Waals surface area contributed by atoms with Crippen LogP contribution in [0.2, 0.25) is 0 Å². The lowest BCUT2D eigenvalue weighted by molar-refractivity contribution is -0.117. The van der Waals surface area contributed by atoms with Crippen LogP contribution in [0.4, 0.5) is 5.69 Å². The van der Waals surface area contributed by atoms with Crippen molar-refractivity contribution in [2.75, 3.05) is 12.1 Å². The molecule has 1 heterocycles. The van der Waals surface area contributed by atoms with E-state index in [4.69, 9.17) is 9.47 Å². The molecule has 0 aromatic heterocycles. The van der Waals surface area contributed by atoms with E-state index in [1.165, 1.54) is 30.3 Å². The maximum atomic E-state index is 13.0. The van der Waals surface area contributed by atoms with E-state index in [2.05, 4.69) is 21.4 Å². The second-order valence-corrected chi connectivity index (χ2v) is 8.21. The Hall–Kier alpha value is -4.11. The van der Waals surface area contributed by atoms with Crippen LogP contribution in [0.3, 0.4) is 0 Å². The van der Waals surface area contributed by atoms with E-state index in [-0.39, 0.29) is 17.7 Å². The minimum Gasteiger partial charge on any atom is -0.493 e. The minimum atomic E-state index is -1.04. The summed E-state index contributed by atoms with van der Waals surface area (Å²) in [5.74, 6) is -1.41. The first-order valence-electron chi connectivity index (χ1n) is 10.1. The molecular formula is C25H19BrN2O6. The fourth-order valence-electron chi connectivity index (χ4n) is 3.42. The van der Waals surface area contributed by atoms with Gasteiger partial charge in [-0.15, -0.1) is 0 Å². The Morgan fingerprint density at radius 3 is 2.56 bits per heavy atom. The van der Waals surface area contributed by atoms with Crippen LogP contribution < -0.4 is 19.9 Å². The fourth-order valence-corrected chi connectivity index (χ4v) is 3.88. The van der Waals surface area contributed by atoms with Crippen molar-refractivity contribution in [3.8, 4) is 11.5 Å². The lowest BCUT2D eigenvalue weighted by Gasteiger charge is -2.15. The average molecular weight is 523 g/mol. The summed E-state index contributed by atoms with van der Waals surface area (Å²) < 4.78 is 12.1. The van der Waals surface area contributed by atoms with Crippen LogP contribution in [-0.2, 0) is 16.2 Å². The molecule has 1 aliphatic heterocycles. The molecule has 1 aliphatic rings. The average Bonchev–Trinajstić information content (AvgIpc) is 3.12. The SMILES string of the molecule is COc1cc(Br)cc(/C=C2\C(=O)NN(c3ccccc3)C2=O)c1OCc1cccc(C(=O)O)c1. The zero-order chi connectivity index (χ0) is 24.2. The summed E-state index contributed by atoms with van der Waals surface area (Å²) in [6.45, 7) is 0.0472. The molecule has 0 aliphatic carbocycles. The molecule has 0 radical (unpaired) electrons. The minimum absolute atomic E-state index is 0.0472. The zero-order valence-corrected chi connectivity index (χ0v) is 19.5. The van der Waals surface area contributed by atoms with E-state index >= 15 is 0 Å². The Balaban J connectivity index is 1.68. The largest absolute Gasteiger partial charge is 0.493 e. The second kappa shape index (κ2) is 9.80. The number of nitrogens with zero attached hydrogens (tertiary/aromatic N) is 1. The van der Waals surface area contributed by atoms with Gasteiger partial charge in [0.15, 0.2) is 11.5 Å². The van der Waals surface area contributed by atoms with Gasteiger partial charge in [-0.1, -0.05) is 46.3 Å². The number of aromatic carboxylic acids is 1. The number of para-hydroxylation sites is 1. The van der Waals surface area contributed by atoms with Crippen molar-refractivity contribution in [2.45, 2.75) is 6.61 Å². The number of anilines is 1. The highest BCUT2D eigenvalue weighted by Crippen LogP contribution is 2.37. The number of nitrogens with one attached hydrogen (secondary N) is 1. The summed E-state index contributed by atoms with van der Waals surface area (Å²) >= 11 is 3.41. The molecule has 2 N–H and O–H groups in total. The molecular weight excluding hydrogens is 504 g/mol. The summed E-state index contributed by atoms with van der Waals surface area (Å²) in [7, 11) is 1.47. The molecule has 0 unspecified atom stereocenters. The third kappa shape index (κ3) is 4.79. The highest BCUT2D eigenvalue weighted by Gasteiger charge is 2.34. The van der Waals surface area contributed by atoms with E-state index in [0.717, 1.165) is 0 Å². The number of ether oxygens (including phenoxy) is 2. The van der Waals surface area contributed by atoms with Crippen LogP contribution in [0.25, 0.3) is 6.08 Å². The third-order valence-electron chi connectivity index (χ3n) is 5.03. The number of amides is 2. The molecule has 0 bridgehead atoms. The normalized spacial score (nSPS) is 14.3. The van der Waals surface area contributed by atoms with Crippen molar-refractivity contribution in [1.29, 1.82) is 0 Å². The number of rotatable bonds is 7. The highest BCUT2D eigenvalue weighted by atomic mass is 79.9. The van der Waals surface area contributed by atoms with Crippen molar-refractivity contribution in [3.63, 3.8) is 0 Å². The third-order valence-corrected chi connectivity index (χ3v) is 5.49.